The summed E-state index contributed by atoms with van der Waals surface area (Å²) < 4.78 is 2.31. The van der Waals surface area contributed by atoms with Gasteiger partial charge in [0.25, 0.3) is 0 Å². The average molecular weight is 424 g/mol. The van der Waals surface area contributed by atoms with Crippen molar-refractivity contribution < 1.29 is 14.3 Å². The zero-order valence-corrected chi connectivity index (χ0v) is 17.6. The normalized spacial score (nSPS) is 11.9. The van der Waals surface area contributed by atoms with Gasteiger partial charge in [-0.2, -0.15) is 4.40 Å². The summed E-state index contributed by atoms with van der Waals surface area (Å²) in [5, 5.41) is 16.1. The van der Waals surface area contributed by atoms with E-state index in [2.05, 4.69) is 65.1 Å². The SMILES string of the molecule is O=C(O)c1cc2c3ccccc3c3cc(-c4ccccc4)cc4c5ccccc5c(c1)c2[n+]34. The van der Waals surface area contributed by atoms with E-state index in [-0.39, 0.29) is 0 Å². The fourth-order valence-corrected chi connectivity index (χ4v) is 5.32. The zero-order valence-electron chi connectivity index (χ0n) is 17.6. The van der Waals surface area contributed by atoms with Crippen LogP contribution in [0, 0.1) is 0 Å². The first-order valence-corrected chi connectivity index (χ1v) is 11.0. The van der Waals surface area contributed by atoms with Crippen LogP contribution in [0.2, 0.25) is 0 Å². The third-order valence-electron chi connectivity index (χ3n) is 6.74. The Hall–Kier alpha value is -4.50. The van der Waals surface area contributed by atoms with Gasteiger partial charge in [-0.25, -0.2) is 4.79 Å². The Labute approximate surface area is 189 Å². The lowest BCUT2D eigenvalue weighted by Gasteiger charge is -2.13. The van der Waals surface area contributed by atoms with E-state index in [1.165, 1.54) is 5.56 Å². The van der Waals surface area contributed by atoms with Gasteiger partial charge in [0.2, 0.25) is 16.6 Å². The first-order valence-electron chi connectivity index (χ1n) is 11.0. The van der Waals surface area contributed by atoms with E-state index in [0.717, 1.165) is 54.4 Å². The molecular formula is C30H18NO2+. The second-order valence-electron chi connectivity index (χ2n) is 8.53. The van der Waals surface area contributed by atoms with Crippen molar-refractivity contribution in [1.82, 2.24) is 0 Å². The van der Waals surface area contributed by atoms with Gasteiger partial charge in [0, 0.05) is 22.9 Å². The lowest BCUT2D eigenvalue weighted by molar-refractivity contribution is -0.448. The first-order chi connectivity index (χ1) is 16.2. The van der Waals surface area contributed by atoms with Crippen LogP contribution in [0.5, 0.6) is 0 Å². The quantitative estimate of drug-likeness (QED) is 0.187. The first kappa shape index (κ1) is 18.1. The van der Waals surface area contributed by atoms with Crippen LogP contribution in [0.1, 0.15) is 10.4 Å². The van der Waals surface area contributed by atoms with E-state index >= 15 is 0 Å². The van der Waals surface area contributed by atoms with Crippen molar-refractivity contribution in [2.75, 3.05) is 0 Å². The summed E-state index contributed by atoms with van der Waals surface area (Å²) in [5.41, 5.74) is 5.94. The highest BCUT2D eigenvalue weighted by atomic mass is 16.4. The highest BCUT2D eigenvalue weighted by Gasteiger charge is 2.26. The number of carboxylic acids is 1. The van der Waals surface area contributed by atoms with Gasteiger partial charge in [-0.3, -0.25) is 0 Å². The van der Waals surface area contributed by atoms with Gasteiger partial charge in [0.15, 0.2) is 0 Å². The molecular weight excluding hydrogens is 406 g/mol. The number of hydrogen-bond acceptors (Lipinski definition) is 1. The molecule has 3 nitrogen and oxygen atoms in total. The van der Waals surface area contributed by atoms with E-state index in [4.69, 9.17) is 0 Å². The summed E-state index contributed by atoms with van der Waals surface area (Å²) >= 11 is 0. The molecule has 7 rings (SSSR count). The minimum absolute atomic E-state index is 0.307. The average Bonchev–Trinajstić information content (AvgIpc) is 2.88. The molecule has 154 valence electrons. The minimum Gasteiger partial charge on any atom is -0.478 e. The molecule has 0 radical (unpaired) electrons. The van der Waals surface area contributed by atoms with Crippen LogP contribution in [-0.4, -0.2) is 11.1 Å². The van der Waals surface area contributed by atoms with Crippen LogP contribution in [0.4, 0.5) is 0 Å². The predicted octanol–water partition coefficient (Wildman–Crippen LogP) is 6.84. The van der Waals surface area contributed by atoms with E-state index in [1.54, 1.807) is 0 Å². The molecule has 7 aromatic rings. The Kier molecular flexibility index (Phi) is 3.57. The van der Waals surface area contributed by atoms with Crippen LogP contribution in [0.3, 0.4) is 0 Å². The van der Waals surface area contributed by atoms with Gasteiger partial charge in [-0.15, -0.1) is 0 Å². The summed E-state index contributed by atoms with van der Waals surface area (Å²) in [6, 6.07) is 35.2. The Morgan fingerprint density at radius 2 is 1.03 bits per heavy atom. The van der Waals surface area contributed by atoms with Gasteiger partial charge in [0.05, 0.1) is 27.1 Å². The maximum atomic E-state index is 12.0. The number of carbonyl (C=O) groups is 1. The molecule has 0 saturated carbocycles. The molecule has 1 N–H and O–H groups in total. The number of rotatable bonds is 2. The van der Waals surface area contributed by atoms with Gasteiger partial charge in [-0.1, -0.05) is 66.7 Å². The fraction of sp³-hybridized carbons (Fsp3) is 0. The Morgan fingerprint density at radius 1 is 0.545 bits per heavy atom. The van der Waals surface area contributed by atoms with Crippen molar-refractivity contribution in [3.63, 3.8) is 0 Å². The summed E-state index contributed by atoms with van der Waals surface area (Å²) in [6.07, 6.45) is 0. The standard InChI is InChI=1S/C30H17NO2/c32-30(33)20-14-25-21-10-4-6-12-23(21)27-16-19(18-8-2-1-3-9-18)17-28-24-13-7-5-11-22(24)26(15-20)29(25)31(27)28/h1-17H/p+1. The van der Waals surface area contributed by atoms with Gasteiger partial charge in [0.1, 0.15) is 0 Å². The second-order valence-corrected chi connectivity index (χ2v) is 8.53. The van der Waals surface area contributed by atoms with Crippen LogP contribution < -0.4 is 4.40 Å². The molecule has 3 aromatic heterocycles. The summed E-state index contributed by atoms with van der Waals surface area (Å²) in [6.45, 7) is 0. The van der Waals surface area contributed by atoms with Crippen molar-refractivity contribution in [3.8, 4) is 11.1 Å². The van der Waals surface area contributed by atoms with Crippen molar-refractivity contribution >= 4 is 54.8 Å². The molecule has 0 spiro atoms. The monoisotopic (exact) mass is 424 g/mol. The van der Waals surface area contributed by atoms with Gasteiger partial charge < -0.3 is 5.11 Å². The number of hydrogen-bond donors (Lipinski definition) is 1. The highest BCUT2D eigenvalue weighted by Crippen LogP contribution is 2.37. The predicted molar refractivity (Wildman–Crippen MR) is 133 cm³/mol. The summed E-state index contributed by atoms with van der Waals surface area (Å²) in [7, 11) is 0. The summed E-state index contributed by atoms with van der Waals surface area (Å²) in [4.78, 5) is 12.0. The fourth-order valence-electron chi connectivity index (χ4n) is 5.32. The molecule has 0 unspecified atom stereocenters. The maximum Gasteiger partial charge on any atom is 0.335 e. The Balaban J connectivity index is 1.84. The van der Waals surface area contributed by atoms with Gasteiger partial charge >= 0.3 is 5.97 Å². The minimum atomic E-state index is -0.912. The van der Waals surface area contributed by atoms with E-state index in [0.29, 0.717) is 5.56 Å². The molecule has 0 saturated heterocycles. The van der Waals surface area contributed by atoms with Crippen LogP contribution in [-0.2, 0) is 0 Å². The molecule has 0 atom stereocenters. The zero-order chi connectivity index (χ0) is 22.1. The van der Waals surface area contributed by atoms with Crippen molar-refractivity contribution in [3.05, 3.63) is 109 Å². The molecule has 0 bridgehead atoms. The number of pyridine rings is 3. The molecule has 33 heavy (non-hydrogen) atoms. The van der Waals surface area contributed by atoms with E-state index in [9.17, 15) is 9.90 Å². The molecule has 4 aromatic carbocycles. The highest BCUT2D eigenvalue weighted by molar-refractivity contribution is 6.22. The van der Waals surface area contributed by atoms with Crippen LogP contribution in [0.15, 0.2) is 103 Å². The van der Waals surface area contributed by atoms with E-state index < -0.39 is 5.97 Å². The lowest BCUT2D eigenvalue weighted by atomic mass is 9.93. The molecule has 0 aliphatic heterocycles. The molecule has 0 fully saturated rings. The number of benzene rings is 4. The third-order valence-corrected chi connectivity index (χ3v) is 6.74. The molecule has 0 amide bonds. The number of carboxylic acid groups (broad SMARTS) is 1. The van der Waals surface area contributed by atoms with Crippen LogP contribution >= 0.6 is 0 Å². The lowest BCUT2D eigenvalue weighted by Crippen LogP contribution is -2.26. The smallest absolute Gasteiger partial charge is 0.335 e. The van der Waals surface area contributed by atoms with Crippen molar-refractivity contribution in [1.29, 1.82) is 0 Å². The number of aromatic carboxylic acids is 1. The molecule has 3 heterocycles. The van der Waals surface area contributed by atoms with Crippen molar-refractivity contribution in [2.24, 2.45) is 0 Å². The topological polar surface area (TPSA) is 41.4 Å². The molecule has 0 aliphatic carbocycles. The van der Waals surface area contributed by atoms with E-state index in [1.807, 2.05) is 42.5 Å². The summed E-state index contributed by atoms with van der Waals surface area (Å²) in [5.74, 6) is -0.912. The largest absolute Gasteiger partial charge is 0.478 e. The third kappa shape index (κ3) is 2.45. The Bertz CT molecular complexity index is 1780. The molecule has 3 heteroatoms. The number of aromatic nitrogens is 1. The number of fused-ring (bicyclic) bond motifs is 6. The molecule has 0 aliphatic rings. The second kappa shape index (κ2) is 6.50. The van der Waals surface area contributed by atoms with Crippen LogP contribution in [0.25, 0.3) is 60.0 Å². The Morgan fingerprint density at radius 3 is 1.55 bits per heavy atom. The maximum absolute atomic E-state index is 12.0. The van der Waals surface area contributed by atoms with Crippen molar-refractivity contribution in [2.45, 2.75) is 0 Å². The number of nitrogens with zero attached hydrogens (tertiary/aromatic N) is 1. The van der Waals surface area contributed by atoms with Gasteiger partial charge in [-0.05, 0) is 35.4 Å².